The zero-order chi connectivity index (χ0) is 20.2. The lowest BCUT2D eigenvalue weighted by Crippen LogP contribution is -2.46. The van der Waals surface area contributed by atoms with Gasteiger partial charge in [-0.1, -0.05) is 26.8 Å². The zero-order valence-electron chi connectivity index (χ0n) is 18.1. The highest BCUT2D eigenvalue weighted by atomic mass is 32.2. The number of nitrogens with one attached hydrogen (secondary N) is 1. The Morgan fingerprint density at radius 1 is 1.19 bits per heavy atom. The average Bonchev–Trinajstić information content (AvgIpc) is 2.50. The summed E-state index contributed by atoms with van der Waals surface area (Å²) in [5.41, 5.74) is 1.03. The first-order valence-corrected chi connectivity index (χ1v) is 13.5. The molecule has 1 rings (SSSR count). The van der Waals surface area contributed by atoms with E-state index in [1.807, 2.05) is 39.1 Å². The molecule has 1 heterocycles. The van der Waals surface area contributed by atoms with Crippen LogP contribution in [0.3, 0.4) is 0 Å². The third kappa shape index (κ3) is 6.96. The molecule has 0 saturated carbocycles. The van der Waals surface area contributed by atoms with Gasteiger partial charge in [0.1, 0.15) is 4.75 Å². The van der Waals surface area contributed by atoms with Crippen LogP contribution in [0.15, 0.2) is 24.4 Å². The molecule has 1 N–H and O–H groups in total. The van der Waals surface area contributed by atoms with E-state index < -0.39 is 19.7 Å². The van der Waals surface area contributed by atoms with E-state index in [1.165, 1.54) is 0 Å². The molecule has 0 bridgehead atoms. The Kier molecular flexibility index (Phi) is 8.36. The first-order valence-electron chi connectivity index (χ1n) is 9.48. The van der Waals surface area contributed by atoms with Crippen LogP contribution in [0.2, 0.25) is 18.1 Å². The molecule has 0 unspecified atom stereocenters. The summed E-state index contributed by atoms with van der Waals surface area (Å²) in [6.45, 7) is 20.1. The van der Waals surface area contributed by atoms with Crippen molar-refractivity contribution in [1.29, 1.82) is 0 Å². The van der Waals surface area contributed by atoms with Crippen molar-refractivity contribution in [3.05, 3.63) is 30.1 Å². The molecule has 4 nitrogen and oxygen atoms in total. The highest BCUT2D eigenvalue weighted by Gasteiger charge is 2.37. The van der Waals surface area contributed by atoms with E-state index in [9.17, 15) is 4.55 Å². The number of pyridine rings is 1. The fraction of sp³-hybridized carbons (Fsp3) is 0.750. The molecule has 0 aliphatic carbocycles. The number of rotatable bonds is 8. The minimum atomic E-state index is -1.77. The standard InChI is InChI=1S/C20H38N2O2SSi/c1-16(22-25(23)19(2,3)4)17(18-12-10-11-14-21-18)13-15-24-26(8,9)20(5,6)7/h10-12,14,16-17,22H,13,15H2,1-9H3/t16-,17+,25+/m1/s1. The molecule has 0 radical (unpaired) electrons. The van der Waals surface area contributed by atoms with Crippen molar-refractivity contribution in [2.75, 3.05) is 6.61 Å². The van der Waals surface area contributed by atoms with Crippen LogP contribution in [-0.2, 0) is 15.8 Å². The molecule has 3 atom stereocenters. The Labute approximate surface area is 165 Å². The normalized spacial score (nSPS) is 17.0. The first kappa shape index (κ1) is 23.6. The second-order valence-electron chi connectivity index (χ2n) is 9.55. The van der Waals surface area contributed by atoms with Crippen molar-refractivity contribution < 1.29 is 8.98 Å². The van der Waals surface area contributed by atoms with Crippen LogP contribution in [0.4, 0.5) is 0 Å². The van der Waals surface area contributed by atoms with Crippen molar-refractivity contribution in [2.45, 2.75) is 89.7 Å². The lowest BCUT2D eigenvalue weighted by atomic mass is 9.94. The Balaban J connectivity index is 2.84. The number of aromatic nitrogens is 1. The van der Waals surface area contributed by atoms with Gasteiger partial charge in [-0.25, -0.2) is 0 Å². The monoisotopic (exact) mass is 398 g/mol. The van der Waals surface area contributed by atoms with Crippen molar-refractivity contribution >= 4 is 19.7 Å². The minimum absolute atomic E-state index is 0.0490. The van der Waals surface area contributed by atoms with E-state index in [4.69, 9.17) is 4.43 Å². The Hall–Kier alpha value is -0.403. The molecular formula is C20H38N2O2SSi. The predicted octanol–water partition coefficient (Wildman–Crippen LogP) is 5.02. The summed E-state index contributed by atoms with van der Waals surface area (Å²) < 4.78 is 21.9. The van der Waals surface area contributed by atoms with Crippen molar-refractivity contribution in [3.8, 4) is 0 Å². The van der Waals surface area contributed by atoms with Crippen LogP contribution in [0.1, 0.15) is 66.5 Å². The molecule has 1 aromatic heterocycles. The van der Waals surface area contributed by atoms with Crippen LogP contribution in [-0.4, -0.2) is 35.2 Å². The van der Waals surface area contributed by atoms with Gasteiger partial charge >= 0.3 is 0 Å². The highest BCUT2D eigenvalue weighted by Crippen LogP contribution is 2.37. The maximum absolute atomic E-state index is 12.5. The third-order valence-electron chi connectivity index (χ3n) is 5.22. The van der Waals surface area contributed by atoms with Crippen molar-refractivity contribution in [3.63, 3.8) is 0 Å². The molecule has 0 amide bonds. The molecule has 150 valence electrons. The molecular weight excluding hydrogens is 360 g/mol. The van der Waals surface area contributed by atoms with Gasteiger partial charge in [0.25, 0.3) is 0 Å². The summed E-state index contributed by atoms with van der Waals surface area (Å²) in [6.07, 6.45) is 2.68. The van der Waals surface area contributed by atoms with Gasteiger partial charge in [0.2, 0.25) is 0 Å². The molecule has 0 fully saturated rings. The zero-order valence-corrected chi connectivity index (χ0v) is 19.9. The maximum Gasteiger partial charge on any atom is 0.191 e. The van der Waals surface area contributed by atoms with Crippen LogP contribution in [0, 0.1) is 0 Å². The quantitative estimate of drug-likeness (QED) is 0.493. The fourth-order valence-corrected chi connectivity index (χ4v) is 4.25. The smallest absolute Gasteiger partial charge is 0.191 e. The summed E-state index contributed by atoms with van der Waals surface area (Å²) in [6, 6.07) is 6.04. The topological polar surface area (TPSA) is 57.2 Å². The van der Waals surface area contributed by atoms with Crippen LogP contribution >= 0.6 is 0 Å². The molecule has 26 heavy (non-hydrogen) atoms. The average molecular weight is 399 g/mol. The molecule has 0 aliphatic rings. The summed E-state index contributed by atoms with van der Waals surface area (Å²) in [5, 5.41) is 0.199. The summed E-state index contributed by atoms with van der Waals surface area (Å²) in [7, 11) is -1.77. The van der Waals surface area contributed by atoms with E-state index in [0.29, 0.717) is 6.61 Å². The van der Waals surface area contributed by atoms with E-state index in [-0.39, 0.29) is 21.7 Å². The van der Waals surface area contributed by atoms with Crippen molar-refractivity contribution in [1.82, 2.24) is 9.71 Å². The van der Waals surface area contributed by atoms with Gasteiger partial charge in [0, 0.05) is 35.8 Å². The summed E-state index contributed by atoms with van der Waals surface area (Å²) >= 11 is -1.11. The summed E-state index contributed by atoms with van der Waals surface area (Å²) in [4.78, 5) is 4.55. The Morgan fingerprint density at radius 3 is 2.27 bits per heavy atom. The SMILES string of the molecule is C[C@@H](N[S@@+]([O-])C(C)(C)C)[C@H](CCO[Si](C)(C)C(C)(C)C)c1ccccn1. The molecule has 0 saturated heterocycles. The number of hydrogen-bond donors (Lipinski definition) is 1. The van der Waals surface area contributed by atoms with Gasteiger partial charge in [-0.3, -0.25) is 4.98 Å². The van der Waals surface area contributed by atoms with Gasteiger partial charge in [-0.05, 0) is 64.4 Å². The van der Waals surface area contributed by atoms with E-state index in [1.54, 1.807) is 0 Å². The van der Waals surface area contributed by atoms with Gasteiger partial charge in [0.05, 0.1) is 6.04 Å². The Bertz CT molecular complexity index is 541. The molecule has 1 aromatic rings. The van der Waals surface area contributed by atoms with Gasteiger partial charge in [-0.15, -0.1) is 4.72 Å². The maximum atomic E-state index is 12.5. The number of hydrogen-bond acceptors (Lipinski definition) is 4. The highest BCUT2D eigenvalue weighted by molar-refractivity contribution is 7.90. The largest absolute Gasteiger partial charge is 0.598 e. The Morgan fingerprint density at radius 2 is 1.81 bits per heavy atom. The summed E-state index contributed by atoms with van der Waals surface area (Å²) in [5.74, 6) is 0.160. The molecule has 0 aromatic carbocycles. The predicted molar refractivity (Wildman–Crippen MR) is 115 cm³/mol. The van der Waals surface area contributed by atoms with Crippen LogP contribution in [0.25, 0.3) is 0 Å². The second kappa shape index (κ2) is 9.19. The fourth-order valence-electron chi connectivity index (χ4n) is 2.33. The number of nitrogens with zero attached hydrogens (tertiary/aromatic N) is 1. The minimum Gasteiger partial charge on any atom is -0.598 e. The van der Waals surface area contributed by atoms with Crippen LogP contribution in [0.5, 0.6) is 0 Å². The van der Waals surface area contributed by atoms with Gasteiger partial charge < -0.3 is 8.98 Å². The second-order valence-corrected chi connectivity index (χ2v) is 16.4. The first-order chi connectivity index (χ1) is 11.8. The van der Waals surface area contributed by atoms with Crippen molar-refractivity contribution in [2.24, 2.45) is 0 Å². The van der Waals surface area contributed by atoms with Gasteiger partial charge in [-0.2, -0.15) is 0 Å². The van der Waals surface area contributed by atoms with E-state index >= 15 is 0 Å². The third-order valence-corrected chi connectivity index (χ3v) is 11.5. The van der Waals surface area contributed by atoms with Crippen LogP contribution < -0.4 is 4.72 Å². The molecule has 6 heteroatoms. The lowest BCUT2D eigenvalue weighted by molar-refractivity contribution is 0.262. The van der Waals surface area contributed by atoms with E-state index in [2.05, 4.69) is 56.6 Å². The van der Waals surface area contributed by atoms with Gasteiger partial charge in [0.15, 0.2) is 8.32 Å². The molecule has 0 spiro atoms. The lowest BCUT2D eigenvalue weighted by Gasteiger charge is -2.37. The van der Waals surface area contributed by atoms with E-state index in [0.717, 1.165) is 12.1 Å². The molecule has 0 aliphatic heterocycles.